The molecule has 5 heteroatoms. The molecule has 3 rings (SSSR count). The summed E-state index contributed by atoms with van der Waals surface area (Å²) < 4.78 is 0. The van der Waals surface area contributed by atoms with Crippen LogP contribution in [-0.4, -0.2) is 19.9 Å². The van der Waals surface area contributed by atoms with Gasteiger partial charge in [0.05, 0.1) is 5.69 Å². The number of fused-ring (bicyclic) bond motifs is 1. The van der Waals surface area contributed by atoms with E-state index in [1.54, 1.807) is 0 Å². The van der Waals surface area contributed by atoms with Gasteiger partial charge in [0.25, 0.3) is 0 Å². The lowest BCUT2D eigenvalue weighted by molar-refractivity contribution is 0.827. The number of aryl methyl sites for hydroxylation is 2. The highest BCUT2D eigenvalue weighted by atomic mass is 14.9. The van der Waals surface area contributed by atoms with Gasteiger partial charge in [-0.15, -0.1) is 0 Å². The molecule has 0 aromatic carbocycles. The standard InChI is InChI=1S/C15H17N5/c1-3-4-14-18-9(2)7-12(19-14)11-8-13(16)20-15-10(11)5-6-17-15/h5-8H,3-4H2,1-2H3,(H3,16,17,20). The molecule has 0 amide bonds. The van der Waals surface area contributed by atoms with Gasteiger partial charge in [-0.25, -0.2) is 15.0 Å². The molecule has 0 aliphatic carbocycles. The minimum absolute atomic E-state index is 0.489. The number of nitrogens with two attached hydrogens (primary N) is 1. The minimum Gasteiger partial charge on any atom is -0.384 e. The van der Waals surface area contributed by atoms with E-state index in [9.17, 15) is 0 Å². The Morgan fingerprint density at radius 2 is 2.05 bits per heavy atom. The molecule has 0 aliphatic rings. The molecule has 5 nitrogen and oxygen atoms in total. The highest BCUT2D eigenvalue weighted by Crippen LogP contribution is 2.28. The Balaban J connectivity index is 2.22. The molecule has 102 valence electrons. The number of pyridine rings is 1. The average molecular weight is 267 g/mol. The number of rotatable bonds is 3. The summed E-state index contributed by atoms with van der Waals surface area (Å²) >= 11 is 0. The van der Waals surface area contributed by atoms with Crippen LogP contribution in [0.2, 0.25) is 0 Å². The van der Waals surface area contributed by atoms with Gasteiger partial charge in [0, 0.05) is 29.3 Å². The van der Waals surface area contributed by atoms with Gasteiger partial charge in [0.15, 0.2) is 0 Å². The maximum Gasteiger partial charge on any atom is 0.140 e. The number of H-pyrrole nitrogens is 1. The first-order valence-electron chi connectivity index (χ1n) is 6.76. The fourth-order valence-corrected chi connectivity index (χ4v) is 2.37. The van der Waals surface area contributed by atoms with E-state index in [4.69, 9.17) is 5.73 Å². The number of nitrogens with zero attached hydrogens (tertiary/aromatic N) is 3. The van der Waals surface area contributed by atoms with Crippen LogP contribution in [0.3, 0.4) is 0 Å². The maximum atomic E-state index is 5.88. The topological polar surface area (TPSA) is 80.5 Å². The summed E-state index contributed by atoms with van der Waals surface area (Å²) in [6.07, 6.45) is 3.77. The van der Waals surface area contributed by atoms with Gasteiger partial charge in [-0.3, -0.25) is 0 Å². The third-order valence-corrected chi connectivity index (χ3v) is 3.20. The molecule has 0 bridgehead atoms. The lowest BCUT2D eigenvalue weighted by atomic mass is 10.1. The number of nitrogen functional groups attached to an aromatic ring is 1. The second-order valence-electron chi connectivity index (χ2n) is 4.90. The monoisotopic (exact) mass is 267 g/mol. The van der Waals surface area contributed by atoms with E-state index in [0.717, 1.165) is 46.7 Å². The van der Waals surface area contributed by atoms with Crippen LogP contribution in [0.4, 0.5) is 5.82 Å². The fourth-order valence-electron chi connectivity index (χ4n) is 2.37. The number of anilines is 1. The molecule has 0 saturated heterocycles. The molecule has 3 aromatic rings. The van der Waals surface area contributed by atoms with E-state index in [1.807, 2.05) is 31.3 Å². The lowest BCUT2D eigenvalue weighted by Gasteiger charge is -2.07. The number of hydrogen-bond donors (Lipinski definition) is 2. The smallest absolute Gasteiger partial charge is 0.140 e. The first-order valence-corrected chi connectivity index (χ1v) is 6.76. The molecule has 0 fully saturated rings. The second-order valence-corrected chi connectivity index (χ2v) is 4.90. The number of aromatic amines is 1. The SMILES string of the molecule is CCCc1nc(C)cc(-c2cc(N)nc3[nH]ccc23)n1. The molecule has 0 unspecified atom stereocenters. The van der Waals surface area contributed by atoms with Crippen LogP contribution in [0, 0.1) is 6.92 Å². The molecule has 0 saturated carbocycles. The summed E-state index contributed by atoms with van der Waals surface area (Å²) in [4.78, 5) is 16.5. The second kappa shape index (κ2) is 4.92. The Kier molecular flexibility index (Phi) is 3.10. The van der Waals surface area contributed by atoms with E-state index in [0.29, 0.717) is 5.82 Å². The largest absolute Gasteiger partial charge is 0.384 e. The van der Waals surface area contributed by atoms with Crippen molar-refractivity contribution in [1.82, 2.24) is 19.9 Å². The van der Waals surface area contributed by atoms with E-state index < -0.39 is 0 Å². The fraction of sp³-hybridized carbons (Fsp3) is 0.267. The van der Waals surface area contributed by atoms with Crippen molar-refractivity contribution in [2.75, 3.05) is 5.73 Å². The predicted molar refractivity (Wildman–Crippen MR) is 80.3 cm³/mol. The lowest BCUT2D eigenvalue weighted by Crippen LogP contribution is -2.00. The Labute approximate surface area is 117 Å². The summed E-state index contributed by atoms with van der Waals surface area (Å²) in [6.45, 7) is 4.11. The van der Waals surface area contributed by atoms with Crippen molar-refractivity contribution in [2.24, 2.45) is 0 Å². The van der Waals surface area contributed by atoms with Gasteiger partial charge in [-0.1, -0.05) is 6.92 Å². The van der Waals surface area contributed by atoms with E-state index in [-0.39, 0.29) is 0 Å². The van der Waals surface area contributed by atoms with Crippen LogP contribution in [0.1, 0.15) is 24.9 Å². The van der Waals surface area contributed by atoms with Crippen LogP contribution >= 0.6 is 0 Å². The molecule has 3 heterocycles. The zero-order chi connectivity index (χ0) is 14.1. The van der Waals surface area contributed by atoms with Crippen molar-refractivity contribution < 1.29 is 0 Å². The third kappa shape index (κ3) is 2.22. The van der Waals surface area contributed by atoms with Gasteiger partial charge < -0.3 is 10.7 Å². The van der Waals surface area contributed by atoms with Crippen molar-refractivity contribution in [2.45, 2.75) is 26.7 Å². The zero-order valence-corrected chi connectivity index (χ0v) is 11.6. The number of aromatic nitrogens is 4. The van der Waals surface area contributed by atoms with Crippen molar-refractivity contribution in [3.8, 4) is 11.3 Å². The van der Waals surface area contributed by atoms with Crippen molar-refractivity contribution in [1.29, 1.82) is 0 Å². The Morgan fingerprint density at radius 1 is 1.20 bits per heavy atom. The van der Waals surface area contributed by atoms with Crippen LogP contribution in [0.15, 0.2) is 24.4 Å². The summed E-state index contributed by atoms with van der Waals surface area (Å²) in [5.74, 6) is 1.37. The number of hydrogen-bond acceptors (Lipinski definition) is 4. The molecule has 3 N–H and O–H groups in total. The zero-order valence-electron chi connectivity index (χ0n) is 11.6. The summed E-state index contributed by atoms with van der Waals surface area (Å²) in [5.41, 5.74) is 9.54. The van der Waals surface area contributed by atoms with Crippen molar-refractivity contribution in [3.63, 3.8) is 0 Å². The van der Waals surface area contributed by atoms with Crippen molar-refractivity contribution >= 4 is 16.9 Å². The van der Waals surface area contributed by atoms with Gasteiger partial charge in [-0.05, 0) is 31.5 Å². The molecule has 0 aliphatic heterocycles. The Hall–Kier alpha value is -2.43. The normalized spacial score (nSPS) is 11.1. The van der Waals surface area contributed by atoms with Gasteiger partial charge in [0.1, 0.15) is 17.3 Å². The Morgan fingerprint density at radius 3 is 2.85 bits per heavy atom. The van der Waals surface area contributed by atoms with E-state index >= 15 is 0 Å². The number of nitrogens with one attached hydrogen (secondary N) is 1. The molecule has 0 spiro atoms. The predicted octanol–water partition coefficient (Wildman–Crippen LogP) is 2.86. The quantitative estimate of drug-likeness (QED) is 0.764. The van der Waals surface area contributed by atoms with Crippen molar-refractivity contribution in [3.05, 3.63) is 35.9 Å². The molecular weight excluding hydrogens is 250 g/mol. The summed E-state index contributed by atoms with van der Waals surface area (Å²) in [7, 11) is 0. The molecule has 0 atom stereocenters. The Bertz CT molecular complexity index is 760. The highest BCUT2D eigenvalue weighted by molar-refractivity contribution is 5.93. The van der Waals surface area contributed by atoms with Gasteiger partial charge >= 0.3 is 0 Å². The van der Waals surface area contributed by atoms with Crippen LogP contribution in [0.5, 0.6) is 0 Å². The van der Waals surface area contributed by atoms with E-state index in [1.165, 1.54) is 0 Å². The molecule has 3 aromatic heterocycles. The van der Waals surface area contributed by atoms with Crippen LogP contribution < -0.4 is 5.73 Å². The first-order chi connectivity index (χ1) is 9.67. The van der Waals surface area contributed by atoms with Gasteiger partial charge in [0.2, 0.25) is 0 Å². The maximum absolute atomic E-state index is 5.88. The molecule has 20 heavy (non-hydrogen) atoms. The average Bonchev–Trinajstić information content (AvgIpc) is 2.85. The minimum atomic E-state index is 0.489. The van der Waals surface area contributed by atoms with Crippen LogP contribution in [0.25, 0.3) is 22.3 Å². The highest BCUT2D eigenvalue weighted by Gasteiger charge is 2.10. The van der Waals surface area contributed by atoms with Crippen LogP contribution in [-0.2, 0) is 6.42 Å². The van der Waals surface area contributed by atoms with Gasteiger partial charge in [-0.2, -0.15) is 0 Å². The molecular formula is C15H17N5. The summed E-state index contributed by atoms with van der Waals surface area (Å²) in [6, 6.07) is 5.85. The van der Waals surface area contributed by atoms with E-state index in [2.05, 4.69) is 26.9 Å². The summed E-state index contributed by atoms with van der Waals surface area (Å²) in [5, 5.41) is 1.03. The molecule has 0 radical (unpaired) electrons. The third-order valence-electron chi connectivity index (χ3n) is 3.20. The first kappa shape index (κ1) is 12.6.